The van der Waals surface area contributed by atoms with Crippen molar-refractivity contribution < 1.29 is 23.1 Å². The minimum Gasteiger partial charge on any atom is -0.487 e. The highest BCUT2D eigenvalue weighted by molar-refractivity contribution is 6.32. The number of esters is 1. The number of carbonyl (C=O) groups is 1. The van der Waals surface area contributed by atoms with Gasteiger partial charge in [0.15, 0.2) is 0 Å². The smallest absolute Gasteiger partial charge is 0.441 e. The molecule has 0 saturated carbocycles. The van der Waals surface area contributed by atoms with Crippen LogP contribution in [0.2, 0.25) is 5.02 Å². The number of carbonyl (C=O) groups excluding carboxylic acids is 1. The van der Waals surface area contributed by atoms with E-state index in [1.165, 1.54) is 37.3 Å². The predicted octanol–water partition coefficient (Wildman–Crippen LogP) is 5.23. The highest BCUT2D eigenvalue weighted by Gasteiger charge is 2.12. The fourth-order valence-corrected chi connectivity index (χ4v) is 3.23. The second kappa shape index (κ2) is 9.07. The molecule has 32 heavy (non-hydrogen) atoms. The number of rotatable bonds is 6. The standard InChI is InChI=1S/C23H16ClFN2O5/c1-13(28)31-17-6-8-20-18(11-17)22(27-23(29)32-20)26-16-5-7-21(19(24)10-16)30-12-14-3-2-4-15(25)9-14/h2-11H,12H2,1H3,(H,26,27,29). The first-order valence-corrected chi connectivity index (χ1v) is 9.82. The molecule has 0 spiro atoms. The summed E-state index contributed by atoms with van der Waals surface area (Å²) in [7, 11) is 0. The van der Waals surface area contributed by atoms with E-state index in [0.29, 0.717) is 27.4 Å². The zero-order chi connectivity index (χ0) is 22.7. The molecule has 0 saturated heterocycles. The Morgan fingerprint density at radius 1 is 1.16 bits per heavy atom. The molecule has 3 aromatic carbocycles. The topological polar surface area (TPSA) is 90.7 Å². The number of nitrogens with zero attached hydrogens (tertiary/aromatic N) is 1. The molecule has 0 atom stereocenters. The highest BCUT2D eigenvalue weighted by Crippen LogP contribution is 2.32. The van der Waals surface area contributed by atoms with Gasteiger partial charge < -0.3 is 19.2 Å². The summed E-state index contributed by atoms with van der Waals surface area (Å²) in [5, 5.41) is 3.76. The molecule has 1 heterocycles. The second-order valence-electron chi connectivity index (χ2n) is 6.77. The number of ether oxygens (including phenoxy) is 2. The van der Waals surface area contributed by atoms with E-state index in [1.54, 1.807) is 30.3 Å². The number of aromatic nitrogens is 1. The third-order valence-corrected chi connectivity index (χ3v) is 4.64. The van der Waals surface area contributed by atoms with Gasteiger partial charge in [-0.3, -0.25) is 4.79 Å². The van der Waals surface area contributed by atoms with Crippen LogP contribution in [-0.2, 0) is 11.4 Å². The Morgan fingerprint density at radius 3 is 2.75 bits per heavy atom. The maximum absolute atomic E-state index is 13.3. The van der Waals surface area contributed by atoms with Crippen LogP contribution in [0.4, 0.5) is 15.9 Å². The molecule has 0 aliphatic carbocycles. The number of hydrogen-bond acceptors (Lipinski definition) is 7. The van der Waals surface area contributed by atoms with Crippen LogP contribution in [0.1, 0.15) is 12.5 Å². The van der Waals surface area contributed by atoms with Crippen LogP contribution in [0.15, 0.2) is 69.9 Å². The molecule has 162 valence electrons. The average Bonchev–Trinajstić information content (AvgIpc) is 2.73. The number of nitrogens with one attached hydrogen (secondary N) is 1. The molecular weight excluding hydrogens is 439 g/mol. The van der Waals surface area contributed by atoms with Crippen LogP contribution < -0.4 is 20.5 Å². The average molecular weight is 455 g/mol. The molecule has 4 aromatic rings. The van der Waals surface area contributed by atoms with Crippen molar-refractivity contribution in [3.05, 3.63) is 87.6 Å². The van der Waals surface area contributed by atoms with Crippen LogP contribution in [-0.4, -0.2) is 11.0 Å². The van der Waals surface area contributed by atoms with Crippen LogP contribution in [0, 0.1) is 5.82 Å². The van der Waals surface area contributed by atoms with Crippen LogP contribution >= 0.6 is 11.6 Å². The minimum atomic E-state index is -0.790. The molecule has 1 N–H and O–H groups in total. The Morgan fingerprint density at radius 2 is 2.00 bits per heavy atom. The van der Waals surface area contributed by atoms with E-state index in [9.17, 15) is 14.0 Å². The molecule has 0 fully saturated rings. The van der Waals surface area contributed by atoms with Gasteiger partial charge in [0.25, 0.3) is 0 Å². The summed E-state index contributed by atoms with van der Waals surface area (Å²) in [6.45, 7) is 1.43. The first-order chi connectivity index (χ1) is 15.4. The van der Waals surface area contributed by atoms with Gasteiger partial charge in [-0.1, -0.05) is 23.7 Å². The summed E-state index contributed by atoms with van der Waals surface area (Å²) in [6, 6.07) is 15.6. The molecule has 0 radical (unpaired) electrons. The summed E-state index contributed by atoms with van der Waals surface area (Å²) in [4.78, 5) is 27.0. The maximum atomic E-state index is 13.3. The summed E-state index contributed by atoms with van der Waals surface area (Å²) < 4.78 is 29.2. The van der Waals surface area contributed by atoms with Crippen LogP contribution in [0.5, 0.6) is 11.5 Å². The normalized spacial score (nSPS) is 10.7. The van der Waals surface area contributed by atoms with Gasteiger partial charge in [-0.25, -0.2) is 9.18 Å². The molecule has 0 aliphatic rings. The van der Waals surface area contributed by atoms with E-state index in [1.807, 2.05) is 0 Å². The van der Waals surface area contributed by atoms with Crippen molar-refractivity contribution in [1.29, 1.82) is 0 Å². The summed E-state index contributed by atoms with van der Waals surface area (Å²) in [5.74, 6) is -0.728. The predicted molar refractivity (Wildman–Crippen MR) is 117 cm³/mol. The quantitative estimate of drug-likeness (QED) is 0.315. The SMILES string of the molecule is CC(=O)Oc1ccc2oc(=O)nc(Nc3ccc(OCc4cccc(F)c4)c(Cl)c3)c2c1. The monoisotopic (exact) mass is 454 g/mol. The number of anilines is 2. The van der Waals surface area contributed by atoms with Gasteiger partial charge >= 0.3 is 11.7 Å². The van der Waals surface area contributed by atoms with Crippen molar-refractivity contribution in [2.24, 2.45) is 0 Å². The van der Waals surface area contributed by atoms with Gasteiger partial charge in [-0.15, -0.1) is 0 Å². The van der Waals surface area contributed by atoms with Crippen molar-refractivity contribution in [1.82, 2.24) is 4.98 Å². The van der Waals surface area contributed by atoms with E-state index in [-0.39, 0.29) is 29.6 Å². The molecule has 9 heteroatoms. The van der Waals surface area contributed by atoms with Gasteiger partial charge in [-0.05, 0) is 54.1 Å². The van der Waals surface area contributed by atoms with E-state index in [4.69, 9.17) is 25.5 Å². The molecule has 0 unspecified atom stereocenters. The summed E-state index contributed by atoms with van der Waals surface area (Å²) >= 11 is 6.33. The van der Waals surface area contributed by atoms with E-state index in [0.717, 1.165) is 0 Å². The zero-order valence-electron chi connectivity index (χ0n) is 16.7. The molecule has 4 rings (SSSR count). The number of halogens is 2. The molecule has 7 nitrogen and oxygen atoms in total. The van der Waals surface area contributed by atoms with E-state index in [2.05, 4.69) is 10.3 Å². The van der Waals surface area contributed by atoms with Gasteiger partial charge in [0.2, 0.25) is 0 Å². The van der Waals surface area contributed by atoms with Crippen LogP contribution in [0.25, 0.3) is 11.0 Å². The third kappa shape index (κ3) is 5.04. The van der Waals surface area contributed by atoms with Gasteiger partial charge in [0, 0.05) is 12.6 Å². The Bertz CT molecular complexity index is 1370. The molecule has 0 aliphatic heterocycles. The first kappa shape index (κ1) is 21.3. The largest absolute Gasteiger partial charge is 0.487 e. The lowest BCUT2D eigenvalue weighted by molar-refractivity contribution is -0.131. The lowest BCUT2D eigenvalue weighted by Gasteiger charge is -2.12. The first-order valence-electron chi connectivity index (χ1n) is 9.44. The van der Waals surface area contributed by atoms with Gasteiger partial charge in [0.05, 0.1) is 10.4 Å². The number of fused-ring (bicyclic) bond motifs is 1. The molecule has 1 aromatic heterocycles. The lowest BCUT2D eigenvalue weighted by atomic mass is 10.2. The van der Waals surface area contributed by atoms with Gasteiger partial charge in [0.1, 0.15) is 35.3 Å². The summed E-state index contributed by atoms with van der Waals surface area (Å²) in [5.41, 5.74) is 1.47. The fraction of sp³-hybridized carbons (Fsp3) is 0.0870. The van der Waals surface area contributed by atoms with Crippen molar-refractivity contribution in [2.75, 3.05) is 5.32 Å². The van der Waals surface area contributed by atoms with Crippen molar-refractivity contribution in [2.45, 2.75) is 13.5 Å². The maximum Gasteiger partial charge on any atom is 0.441 e. The lowest BCUT2D eigenvalue weighted by Crippen LogP contribution is -2.08. The summed E-state index contributed by atoms with van der Waals surface area (Å²) in [6.07, 6.45) is 0. The Hall–Kier alpha value is -3.91. The van der Waals surface area contributed by atoms with E-state index >= 15 is 0 Å². The van der Waals surface area contributed by atoms with Gasteiger partial charge in [-0.2, -0.15) is 4.98 Å². The highest BCUT2D eigenvalue weighted by atomic mass is 35.5. The van der Waals surface area contributed by atoms with Crippen molar-refractivity contribution >= 4 is 40.0 Å². The van der Waals surface area contributed by atoms with Crippen molar-refractivity contribution in [3.63, 3.8) is 0 Å². The molecule has 0 amide bonds. The third-order valence-electron chi connectivity index (χ3n) is 4.35. The van der Waals surface area contributed by atoms with Crippen LogP contribution in [0.3, 0.4) is 0 Å². The minimum absolute atomic E-state index is 0.148. The zero-order valence-corrected chi connectivity index (χ0v) is 17.5. The Labute approximate surface area is 186 Å². The number of hydrogen-bond donors (Lipinski definition) is 1. The Balaban J connectivity index is 1.57. The molecule has 0 bridgehead atoms. The second-order valence-corrected chi connectivity index (χ2v) is 7.18. The molecular formula is C23H16ClFN2O5. The van der Waals surface area contributed by atoms with Crippen molar-refractivity contribution in [3.8, 4) is 11.5 Å². The number of benzene rings is 3. The van der Waals surface area contributed by atoms with E-state index < -0.39 is 11.7 Å². The fourth-order valence-electron chi connectivity index (χ4n) is 3.00. The Kier molecular flexibility index (Phi) is 6.04.